The highest BCUT2D eigenvalue weighted by Gasteiger charge is 2.31. The molecule has 2 amide bonds. The summed E-state index contributed by atoms with van der Waals surface area (Å²) in [6.07, 6.45) is 4.05. The number of methoxy groups -OCH3 is 1. The Balaban J connectivity index is 1.77. The lowest BCUT2D eigenvalue weighted by atomic mass is 9.95. The van der Waals surface area contributed by atoms with E-state index in [-0.39, 0.29) is 36.8 Å². The normalized spacial score (nSPS) is 13.7. The molecule has 0 aliphatic rings. The fourth-order valence-electron chi connectivity index (χ4n) is 5.11. The second-order valence-electron chi connectivity index (χ2n) is 12.7. The molecule has 3 aromatic carbocycles. The number of nitrogens with one attached hydrogen (secondary N) is 2. The van der Waals surface area contributed by atoms with Crippen LogP contribution in [0, 0.1) is 18.8 Å². The van der Waals surface area contributed by atoms with Crippen LogP contribution in [0.15, 0.2) is 84.9 Å². The van der Waals surface area contributed by atoms with Crippen molar-refractivity contribution >= 4 is 23.9 Å². The summed E-state index contributed by atoms with van der Waals surface area (Å²) in [7, 11) is 1.58. The minimum absolute atomic E-state index is 0.109. The van der Waals surface area contributed by atoms with Crippen molar-refractivity contribution in [2.75, 3.05) is 13.7 Å². The van der Waals surface area contributed by atoms with Gasteiger partial charge in [-0.25, -0.2) is 0 Å². The van der Waals surface area contributed by atoms with Crippen molar-refractivity contribution in [2.24, 2.45) is 11.8 Å². The first kappa shape index (κ1) is 35.3. The number of benzene rings is 3. The Bertz CT molecular complexity index is 1430. The van der Waals surface area contributed by atoms with Crippen LogP contribution in [-0.2, 0) is 23.9 Å². The van der Waals surface area contributed by atoms with Crippen molar-refractivity contribution in [1.82, 2.24) is 10.6 Å². The van der Waals surface area contributed by atoms with Gasteiger partial charge in [-0.1, -0.05) is 105 Å². The average molecular weight is 613 g/mol. The molecule has 0 aromatic heterocycles. The third-order valence-electron chi connectivity index (χ3n) is 7.37. The van der Waals surface area contributed by atoms with E-state index in [9.17, 15) is 14.4 Å². The predicted molar refractivity (Wildman–Crippen MR) is 180 cm³/mol. The summed E-state index contributed by atoms with van der Waals surface area (Å²) in [4.78, 5) is 40.0. The maximum atomic E-state index is 13.7. The molecule has 7 heteroatoms. The summed E-state index contributed by atoms with van der Waals surface area (Å²) in [6.45, 7) is 11.5. The smallest absolute Gasteiger partial charge is 0.307 e. The van der Waals surface area contributed by atoms with Crippen LogP contribution in [0.2, 0.25) is 0 Å². The number of esters is 1. The molecule has 0 saturated heterocycles. The zero-order chi connectivity index (χ0) is 33.0. The number of hydrogen-bond donors (Lipinski definition) is 2. The quantitative estimate of drug-likeness (QED) is 0.190. The van der Waals surface area contributed by atoms with Crippen LogP contribution in [0.25, 0.3) is 17.2 Å². The first-order valence-corrected chi connectivity index (χ1v) is 15.6. The minimum Gasteiger partial charge on any atom is -0.460 e. The van der Waals surface area contributed by atoms with E-state index in [0.717, 1.165) is 27.8 Å². The van der Waals surface area contributed by atoms with E-state index in [1.165, 1.54) is 0 Å². The molecule has 0 radical (unpaired) electrons. The Morgan fingerprint density at radius 3 is 2.09 bits per heavy atom. The average Bonchev–Trinajstić information content (AvgIpc) is 2.99. The summed E-state index contributed by atoms with van der Waals surface area (Å²) in [5, 5.41) is 5.97. The number of ether oxygens (including phenoxy) is 2. The van der Waals surface area contributed by atoms with Gasteiger partial charge in [0.25, 0.3) is 0 Å². The number of amides is 2. The van der Waals surface area contributed by atoms with Crippen molar-refractivity contribution in [3.8, 4) is 11.1 Å². The van der Waals surface area contributed by atoms with Gasteiger partial charge in [0.05, 0.1) is 25.0 Å². The molecular weight excluding hydrogens is 564 g/mol. The fraction of sp³-hybridized carbons (Fsp3) is 0.395. The van der Waals surface area contributed by atoms with Gasteiger partial charge in [-0.05, 0) is 67.9 Å². The van der Waals surface area contributed by atoms with Gasteiger partial charge < -0.3 is 20.1 Å². The molecule has 0 aliphatic carbocycles. The molecule has 7 nitrogen and oxygen atoms in total. The zero-order valence-corrected chi connectivity index (χ0v) is 27.6. The molecule has 1 unspecified atom stereocenters. The third-order valence-corrected chi connectivity index (χ3v) is 7.37. The summed E-state index contributed by atoms with van der Waals surface area (Å²) >= 11 is 0. The molecule has 0 bridgehead atoms. The highest BCUT2D eigenvalue weighted by Crippen LogP contribution is 2.25. The molecule has 0 spiro atoms. The molecule has 2 N–H and O–H groups in total. The topological polar surface area (TPSA) is 93.7 Å². The van der Waals surface area contributed by atoms with Gasteiger partial charge in [-0.15, -0.1) is 0 Å². The van der Waals surface area contributed by atoms with E-state index in [1.54, 1.807) is 27.9 Å². The molecule has 0 saturated carbocycles. The van der Waals surface area contributed by atoms with Gasteiger partial charge >= 0.3 is 5.97 Å². The molecule has 3 atom stereocenters. The van der Waals surface area contributed by atoms with E-state index >= 15 is 0 Å². The van der Waals surface area contributed by atoms with Crippen molar-refractivity contribution in [1.29, 1.82) is 0 Å². The van der Waals surface area contributed by atoms with Crippen LogP contribution in [0.4, 0.5) is 0 Å². The third kappa shape index (κ3) is 11.3. The molecule has 0 aliphatic heterocycles. The Hall–Kier alpha value is -4.23. The monoisotopic (exact) mass is 612 g/mol. The molecule has 3 rings (SSSR count). The molecule has 0 fully saturated rings. The highest BCUT2D eigenvalue weighted by atomic mass is 16.6. The van der Waals surface area contributed by atoms with Gasteiger partial charge in [0.1, 0.15) is 11.6 Å². The fourth-order valence-corrected chi connectivity index (χ4v) is 5.11. The van der Waals surface area contributed by atoms with E-state index in [1.807, 2.05) is 80.6 Å². The van der Waals surface area contributed by atoms with Crippen LogP contribution in [0.3, 0.4) is 0 Å². The summed E-state index contributed by atoms with van der Waals surface area (Å²) in [6, 6.07) is 24.8. The number of carbonyl (C=O) groups is 3. The Kier molecular flexibility index (Phi) is 13.1. The van der Waals surface area contributed by atoms with Crippen molar-refractivity contribution in [3.05, 3.63) is 102 Å². The number of carbonyl (C=O) groups excluding carboxylic acids is 3. The van der Waals surface area contributed by atoms with Crippen molar-refractivity contribution in [2.45, 2.75) is 72.1 Å². The summed E-state index contributed by atoms with van der Waals surface area (Å²) < 4.78 is 10.9. The second-order valence-corrected chi connectivity index (χ2v) is 12.7. The summed E-state index contributed by atoms with van der Waals surface area (Å²) in [5.41, 5.74) is 4.67. The maximum absolute atomic E-state index is 13.7. The van der Waals surface area contributed by atoms with Crippen molar-refractivity contribution in [3.63, 3.8) is 0 Å². The van der Waals surface area contributed by atoms with E-state index in [0.29, 0.717) is 6.42 Å². The summed E-state index contributed by atoms with van der Waals surface area (Å²) in [5.74, 6) is -2.08. The first-order chi connectivity index (χ1) is 21.4. The van der Waals surface area contributed by atoms with E-state index in [4.69, 9.17) is 9.47 Å². The molecule has 240 valence electrons. The molecule has 0 heterocycles. The zero-order valence-electron chi connectivity index (χ0n) is 27.6. The number of hydrogen-bond acceptors (Lipinski definition) is 5. The lowest BCUT2D eigenvalue weighted by molar-refractivity contribution is -0.157. The highest BCUT2D eigenvalue weighted by molar-refractivity contribution is 5.90. The van der Waals surface area contributed by atoms with Crippen molar-refractivity contribution < 1.29 is 23.9 Å². The van der Waals surface area contributed by atoms with Gasteiger partial charge in [0, 0.05) is 7.11 Å². The standard InChI is InChI=1S/C38H48N2O5/c1-26(2)35(37(43)39-33(25-44-7)30-18-12-9-13-19-30)40-36(42)31(24-34(41)45-38(4,5)6)20-14-15-28-21-22-32(27(3)23-28)29-16-10-8-11-17-29/h8-19,21-23,26,31,33,35H,20,24-25H2,1-7H3,(H,39,43)(H,40,42)/t31-,33?,35+/m1/s1. The van der Waals surface area contributed by atoms with Crippen LogP contribution in [0.1, 0.15) is 70.2 Å². The molecular formula is C38H48N2O5. The lowest BCUT2D eigenvalue weighted by Gasteiger charge is -2.27. The van der Waals surface area contributed by atoms with Crippen LogP contribution < -0.4 is 10.6 Å². The van der Waals surface area contributed by atoms with Crippen LogP contribution >= 0.6 is 0 Å². The van der Waals surface area contributed by atoms with Crippen LogP contribution in [0.5, 0.6) is 0 Å². The van der Waals surface area contributed by atoms with Gasteiger partial charge in [-0.3, -0.25) is 14.4 Å². The Labute approximate surface area is 268 Å². The Morgan fingerprint density at radius 2 is 1.51 bits per heavy atom. The van der Waals surface area contributed by atoms with E-state index in [2.05, 4.69) is 41.8 Å². The maximum Gasteiger partial charge on any atom is 0.307 e. The van der Waals surface area contributed by atoms with Gasteiger partial charge in [0.15, 0.2) is 0 Å². The van der Waals surface area contributed by atoms with Gasteiger partial charge in [-0.2, -0.15) is 0 Å². The van der Waals surface area contributed by atoms with Crippen LogP contribution in [-0.4, -0.2) is 43.1 Å². The number of aryl methyl sites for hydroxylation is 1. The lowest BCUT2D eigenvalue weighted by Crippen LogP contribution is -2.52. The molecule has 3 aromatic rings. The Morgan fingerprint density at radius 1 is 0.867 bits per heavy atom. The second kappa shape index (κ2) is 16.7. The first-order valence-electron chi connectivity index (χ1n) is 15.6. The largest absolute Gasteiger partial charge is 0.460 e. The van der Waals surface area contributed by atoms with E-state index < -0.39 is 23.5 Å². The predicted octanol–water partition coefficient (Wildman–Crippen LogP) is 7.06. The van der Waals surface area contributed by atoms with Gasteiger partial charge in [0.2, 0.25) is 11.8 Å². The SMILES string of the molecule is COCC(NC(=O)[C@@H](NC(=O)[C@H](CC=Cc1ccc(-c2ccccc2)c(C)c1)CC(=O)OC(C)(C)C)C(C)C)c1ccccc1. The minimum atomic E-state index is -0.807. The number of rotatable bonds is 14. The molecule has 45 heavy (non-hydrogen) atoms. The number of allylic oxidation sites excluding steroid dienone is 1.